The van der Waals surface area contributed by atoms with E-state index in [1.807, 2.05) is 32.0 Å². The monoisotopic (exact) mass is 465 g/mol. The Morgan fingerprint density at radius 1 is 0.971 bits per heavy atom. The summed E-state index contributed by atoms with van der Waals surface area (Å²) < 4.78 is 11.1. The second-order valence-electron chi connectivity index (χ2n) is 7.82. The number of carbonyl (C=O) groups is 3. The van der Waals surface area contributed by atoms with Gasteiger partial charge < -0.3 is 20.1 Å². The minimum atomic E-state index is -0.387. The standard InChI is InChI=1S/C26H31N3O5/c1-4-15-34-22-9-6-8-21(17-22)28-24-23(19-10-12-20(13-11-19)27-18(3)30)25(31)29(26(24)32)14-7-16-33-5-2/h6,8-13,17,28H,4-5,7,14-16H2,1-3H3,(H,27,30). The SMILES string of the molecule is CCCOc1cccc(NC2=C(c3ccc(NC(C)=O)cc3)C(=O)N(CCCOCC)C2=O)c1. The molecular weight excluding hydrogens is 434 g/mol. The molecule has 1 heterocycles. The Labute approximate surface area is 199 Å². The summed E-state index contributed by atoms with van der Waals surface area (Å²) in [4.78, 5) is 39.2. The predicted octanol–water partition coefficient (Wildman–Crippen LogP) is 4.05. The molecule has 2 aromatic carbocycles. The summed E-state index contributed by atoms with van der Waals surface area (Å²) in [5.74, 6) is -0.261. The van der Waals surface area contributed by atoms with E-state index in [-0.39, 0.29) is 35.5 Å². The molecule has 1 aliphatic heterocycles. The topological polar surface area (TPSA) is 97.0 Å². The quantitative estimate of drug-likeness (QED) is 0.363. The second-order valence-corrected chi connectivity index (χ2v) is 7.82. The molecule has 0 fully saturated rings. The fourth-order valence-electron chi connectivity index (χ4n) is 3.58. The summed E-state index contributed by atoms with van der Waals surface area (Å²) in [5.41, 5.74) is 2.34. The molecule has 0 unspecified atom stereocenters. The number of amides is 3. The number of hydrogen-bond donors (Lipinski definition) is 2. The lowest BCUT2D eigenvalue weighted by atomic mass is 10.0. The minimum Gasteiger partial charge on any atom is -0.494 e. The van der Waals surface area contributed by atoms with Crippen LogP contribution in [0, 0.1) is 0 Å². The maximum Gasteiger partial charge on any atom is 0.278 e. The van der Waals surface area contributed by atoms with Crippen LogP contribution in [0.3, 0.4) is 0 Å². The van der Waals surface area contributed by atoms with Crippen molar-refractivity contribution in [2.75, 3.05) is 37.0 Å². The minimum absolute atomic E-state index is 0.188. The highest BCUT2D eigenvalue weighted by molar-refractivity contribution is 6.36. The van der Waals surface area contributed by atoms with Crippen LogP contribution in [0.25, 0.3) is 5.57 Å². The number of nitrogens with one attached hydrogen (secondary N) is 2. The number of rotatable bonds is 12. The van der Waals surface area contributed by atoms with E-state index in [0.29, 0.717) is 48.9 Å². The maximum absolute atomic E-state index is 13.3. The molecule has 2 aromatic rings. The van der Waals surface area contributed by atoms with Crippen molar-refractivity contribution >= 4 is 34.7 Å². The average Bonchev–Trinajstić information content (AvgIpc) is 3.05. The first-order valence-electron chi connectivity index (χ1n) is 11.5. The third-order valence-corrected chi connectivity index (χ3v) is 5.11. The van der Waals surface area contributed by atoms with Crippen molar-refractivity contribution in [2.24, 2.45) is 0 Å². The zero-order valence-corrected chi connectivity index (χ0v) is 19.8. The summed E-state index contributed by atoms with van der Waals surface area (Å²) in [7, 11) is 0. The zero-order chi connectivity index (χ0) is 24.5. The molecule has 0 radical (unpaired) electrons. The Hall–Kier alpha value is -3.65. The van der Waals surface area contributed by atoms with Crippen molar-refractivity contribution in [1.82, 2.24) is 4.90 Å². The molecule has 0 atom stereocenters. The van der Waals surface area contributed by atoms with E-state index >= 15 is 0 Å². The van der Waals surface area contributed by atoms with Crippen molar-refractivity contribution in [1.29, 1.82) is 0 Å². The third-order valence-electron chi connectivity index (χ3n) is 5.11. The van der Waals surface area contributed by atoms with E-state index in [2.05, 4.69) is 10.6 Å². The molecule has 0 saturated heterocycles. The third kappa shape index (κ3) is 6.23. The molecule has 3 rings (SSSR count). The number of nitrogens with zero attached hydrogens (tertiary/aromatic N) is 1. The molecule has 0 spiro atoms. The molecule has 0 aromatic heterocycles. The van der Waals surface area contributed by atoms with Crippen molar-refractivity contribution in [3.63, 3.8) is 0 Å². The first-order valence-corrected chi connectivity index (χ1v) is 11.5. The number of hydrogen-bond acceptors (Lipinski definition) is 6. The number of imide groups is 1. The van der Waals surface area contributed by atoms with Gasteiger partial charge in [-0.15, -0.1) is 0 Å². The van der Waals surface area contributed by atoms with Crippen LogP contribution in [-0.4, -0.2) is 49.0 Å². The van der Waals surface area contributed by atoms with Crippen LogP contribution < -0.4 is 15.4 Å². The molecular formula is C26H31N3O5. The summed E-state index contributed by atoms with van der Waals surface area (Å²) in [6.07, 6.45) is 1.43. The van der Waals surface area contributed by atoms with E-state index in [0.717, 1.165) is 6.42 Å². The van der Waals surface area contributed by atoms with Crippen molar-refractivity contribution in [2.45, 2.75) is 33.6 Å². The lowest BCUT2D eigenvalue weighted by Crippen LogP contribution is -2.34. The van der Waals surface area contributed by atoms with E-state index in [9.17, 15) is 14.4 Å². The summed E-state index contributed by atoms with van der Waals surface area (Å²) in [6.45, 7) is 7.24. The van der Waals surface area contributed by atoms with E-state index in [1.165, 1.54) is 11.8 Å². The van der Waals surface area contributed by atoms with Gasteiger partial charge in [0.25, 0.3) is 11.8 Å². The van der Waals surface area contributed by atoms with Gasteiger partial charge in [0.05, 0.1) is 12.2 Å². The van der Waals surface area contributed by atoms with Gasteiger partial charge >= 0.3 is 0 Å². The second kappa shape index (κ2) is 12.0. The Kier molecular flexibility index (Phi) is 8.81. The Balaban J connectivity index is 1.92. The van der Waals surface area contributed by atoms with Gasteiger partial charge in [-0.3, -0.25) is 19.3 Å². The van der Waals surface area contributed by atoms with Crippen LogP contribution in [0.5, 0.6) is 5.75 Å². The number of benzene rings is 2. The molecule has 8 heteroatoms. The maximum atomic E-state index is 13.3. The average molecular weight is 466 g/mol. The van der Waals surface area contributed by atoms with Crippen LogP contribution in [0.15, 0.2) is 54.2 Å². The first-order chi connectivity index (χ1) is 16.4. The lowest BCUT2D eigenvalue weighted by Gasteiger charge is -2.15. The smallest absolute Gasteiger partial charge is 0.278 e. The number of ether oxygens (including phenoxy) is 2. The molecule has 0 aliphatic carbocycles. The molecule has 0 saturated carbocycles. The van der Waals surface area contributed by atoms with Gasteiger partial charge in [0, 0.05) is 44.1 Å². The van der Waals surface area contributed by atoms with Gasteiger partial charge in [-0.05, 0) is 49.6 Å². The summed E-state index contributed by atoms with van der Waals surface area (Å²) in [5, 5.41) is 5.86. The van der Waals surface area contributed by atoms with Crippen LogP contribution >= 0.6 is 0 Å². The Morgan fingerprint density at radius 3 is 2.41 bits per heavy atom. The van der Waals surface area contributed by atoms with Crippen LogP contribution in [0.1, 0.15) is 39.2 Å². The van der Waals surface area contributed by atoms with Gasteiger partial charge in [-0.25, -0.2) is 0 Å². The highest BCUT2D eigenvalue weighted by Crippen LogP contribution is 2.32. The van der Waals surface area contributed by atoms with E-state index in [1.54, 1.807) is 30.3 Å². The fraction of sp³-hybridized carbons (Fsp3) is 0.346. The molecule has 180 valence electrons. The number of anilines is 2. The molecule has 2 N–H and O–H groups in total. The largest absolute Gasteiger partial charge is 0.494 e. The van der Waals surface area contributed by atoms with Crippen molar-refractivity contribution in [3.05, 3.63) is 59.8 Å². The highest BCUT2D eigenvalue weighted by atomic mass is 16.5. The van der Waals surface area contributed by atoms with E-state index in [4.69, 9.17) is 9.47 Å². The molecule has 1 aliphatic rings. The van der Waals surface area contributed by atoms with Gasteiger partial charge in [0.2, 0.25) is 5.91 Å². The Morgan fingerprint density at radius 2 is 1.74 bits per heavy atom. The lowest BCUT2D eigenvalue weighted by molar-refractivity contribution is -0.137. The van der Waals surface area contributed by atoms with Gasteiger partial charge in [-0.1, -0.05) is 25.1 Å². The van der Waals surface area contributed by atoms with Crippen LogP contribution in [0.2, 0.25) is 0 Å². The van der Waals surface area contributed by atoms with Crippen molar-refractivity contribution < 1.29 is 23.9 Å². The fourth-order valence-corrected chi connectivity index (χ4v) is 3.58. The van der Waals surface area contributed by atoms with Gasteiger partial charge in [0.1, 0.15) is 11.4 Å². The van der Waals surface area contributed by atoms with Crippen LogP contribution in [-0.2, 0) is 19.1 Å². The molecule has 34 heavy (non-hydrogen) atoms. The molecule has 3 amide bonds. The Bertz CT molecular complexity index is 1060. The number of carbonyl (C=O) groups excluding carboxylic acids is 3. The van der Waals surface area contributed by atoms with Gasteiger partial charge in [0.15, 0.2) is 0 Å². The highest BCUT2D eigenvalue weighted by Gasteiger charge is 2.38. The van der Waals surface area contributed by atoms with Crippen LogP contribution in [0.4, 0.5) is 11.4 Å². The zero-order valence-electron chi connectivity index (χ0n) is 19.8. The molecule has 0 bridgehead atoms. The van der Waals surface area contributed by atoms with Crippen molar-refractivity contribution in [3.8, 4) is 5.75 Å². The normalized spacial score (nSPS) is 13.4. The summed E-state index contributed by atoms with van der Waals surface area (Å²) in [6, 6.07) is 14.1. The molecule has 8 nitrogen and oxygen atoms in total. The first kappa shape index (κ1) is 25.0. The predicted molar refractivity (Wildman–Crippen MR) is 131 cm³/mol. The van der Waals surface area contributed by atoms with E-state index < -0.39 is 0 Å². The van der Waals surface area contributed by atoms with Gasteiger partial charge in [-0.2, -0.15) is 0 Å². The summed E-state index contributed by atoms with van der Waals surface area (Å²) >= 11 is 0.